The van der Waals surface area contributed by atoms with E-state index in [2.05, 4.69) is 12.6 Å². The molecule has 122 valence electrons. The predicted octanol–water partition coefficient (Wildman–Crippen LogP) is 3.56. The van der Waals surface area contributed by atoms with E-state index in [1.165, 1.54) is 6.07 Å². The van der Waals surface area contributed by atoms with E-state index in [0.29, 0.717) is 23.7 Å². The molecular weight excluding hydrogens is 329 g/mol. The van der Waals surface area contributed by atoms with E-state index >= 15 is 0 Å². The number of nitrogens with zero attached hydrogens (tertiary/aromatic N) is 1. The van der Waals surface area contributed by atoms with Gasteiger partial charge in [0.1, 0.15) is 17.2 Å². The van der Waals surface area contributed by atoms with Gasteiger partial charge in [-0.05, 0) is 11.6 Å². The van der Waals surface area contributed by atoms with Gasteiger partial charge >= 0.3 is 0 Å². The first-order valence-corrected chi connectivity index (χ1v) is 8.92. The van der Waals surface area contributed by atoms with Crippen LogP contribution in [0.3, 0.4) is 0 Å². The Labute approximate surface area is 146 Å². The highest BCUT2D eigenvalue weighted by molar-refractivity contribution is 7.98. The lowest BCUT2D eigenvalue weighted by atomic mass is 10.2. The maximum Gasteiger partial charge on any atom is 0.129 e. The summed E-state index contributed by atoms with van der Waals surface area (Å²) in [5.74, 6) is 1.50. The van der Waals surface area contributed by atoms with Crippen LogP contribution in [0, 0.1) is 11.2 Å². The van der Waals surface area contributed by atoms with Crippen LogP contribution >= 0.6 is 24.4 Å². The number of halogens is 1. The van der Waals surface area contributed by atoms with Crippen LogP contribution in [0.4, 0.5) is 4.39 Å². The molecule has 0 heterocycles. The first-order chi connectivity index (χ1) is 11.1. The summed E-state index contributed by atoms with van der Waals surface area (Å²) in [5.41, 5.74) is 6.82. The average Bonchev–Trinajstić information content (AvgIpc) is 2.56. The highest BCUT2D eigenvalue weighted by Crippen LogP contribution is 2.16. The minimum absolute atomic E-state index is 0.181. The Morgan fingerprint density at radius 2 is 1.83 bits per heavy atom. The number of nitrogens with two attached hydrogens (primary N) is 1. The largest absolute Gasteiger partial charge is 0.332 e. The molecule has 0 aliphatic rings. The zero-order valence-electron chi connectivity index (χ0n) is 12.7. The van der Waals surface area contributed by atoms with Crippen molar-refractivity contribution in [3.63, 3.8) is 0 Å². The highest BCUT2D eigenvalue weighted by atomic mass is 32.2. The number of thiol groups is 1. The van der Waals surface area contributed by atoms with Gasteiger partial charge in [-0.2, -0.15) is 11.8 Å². The minimum Gasteiger partial charge on any atom is -0.332 e. The maximum atomic E-state index is 13.6. The molecule has 0 fully saturated rings. The van der Waals surface area contributed by atoms with Crippen LogP contribution in [-0.2, 0) is 5.75 Å². The summed E-state index contributed by atoms with van der Waals surface area (Å²) in [5, 5.41) is 8.28. The van der Waals surface area contributed by atoms with Gasteiger partial charge in [0, 0.05) is 23.6 Å². The molecule has 0 aliphatic heterocycles. The Morgan fingerprint density at radius 3 is 2.48 bits per heavy atom. The van der Waals surface area contributed by atoms with Crippen LogP contribution in [0.15, 0.2) is 54.6 Å². The summed E-state index contributed by atoms with van der Waals surface area (Å²) in [6, 6.07) is 16.2. The van der Waals surface area contributed by atoms with E-state index in [4.69, 9.17) is 11.1 Å². The number of amidine groups is 1. The number of hydrogen-bond donors (Lipinski definition) is 3. The monoisotopic (exact) mass is 349 g/mol. The third kappa shape index (κ3) is 5.27. The summed E-state index contributed by atoms with van der Waals surface area (Å²) >= 11 is 5.88. The molecule has 23 heavy (non-hydrogen) atoms. The molecule has 0 amide bonds. The SMILES string of the molecule is N=C(c1ccccc1)N(CCSCc1ccccc1F)C(N)S. The van der Waals surface area contributed by atoms with Gasteiger partial charge in [-0.3, -0.25) is 5.41 Å². The zero-order valence-corrected chi connectivity index (χ0v) is 14.4. The molecule has 0 bridgehead atoms. The van der Waals surface area contributed by atoms with Crippen molar-refractivity contribution in [1.29, 1.82) is 5.41 Å². The van der Waals surface area contributed by atoms with Gasteiger partial charge in [-0.1, -0.05) is 48.5 Å². The minimum atomic E-state index is -0.545. The molecule has 0 radical (unpaired) electrons. The van der Waals surface area contributed by atoms with E-state index in [1.807, 2.05) is 36.4 Å². The van der Waals surface area contributed by atoms with Crippen molar-refractivity contribution >= 4 is 30.2 Å². The predicted molar refractivity (Wildman–Crippen MR) is 99.5 cm³/mol. The van der Waals surface area contributed by atoms with Crippen LogP contribution < -0.4 is 5.73 Å². The van der Waals surface area contributed by atoms with E-state index in [-0.39, 0.29) is 5.82 Å². The molecule has 3 nitrogen and oxygen atoms in total. The summed E-state index contributed by atoms with van der Waals surface area (Å²) in [6.07, 6.45) is 0. The zero-order chi connectivity index (χ0) is 16.7. The van der Waals surface area contributed by atoms with Gasteiger partial charge in [0.15, 0.2) is 0 Å². The molecule has 3 N–H and O–H groups in total. The molecule has 0 aliphatic carbocycles. The first-order valence-electron chi connectivity index (χ1n) is 7.25. The van der Waals surface area contributed by atoms with Crippen LogP contribution in [0.25, 0.3) is 0 Å². The fraction of sp³-hybridized carbons (Fsp3) is 0.235. The number of nitrogens with one attached hydrogen (secondary N) is 1. The van der Waals surface area contributed by atoms with Crippen molar-refractivity contribution in [2.24, 2.45) is 5.73 Å². The Bertz CT molecular complexity index is 635. The van der Waals surface area contributed by atoms with Gasteiger partial charge in [0.05, 0.1) is 0 Å². The first kappa shape index (κ1) is 17.8. The maximum absolute atomic E-state index is 13.6. The summed E-state index contributed by atoms with van der Waals surface area (Å²) in [7, 11) is 0. The third-order valence-corrected chi connectivity index (χ3v) is 4.61. The molecule has 0 saturated carbocycles. The molecule has 2 rings (SSSR count). The lowest BCUT2D eigenvalue weighted by Crippen LogP contribution is -2.43. The van der Waals surface area contributed by atoms with Crippen molar-refractivity contribution in [3.05, 3.63) is 71.5 Å². The van der Waals surface area contributed by atoms with Gasteiger partial charge in [0.25, 0.3) is 0 Å². The quantitative estimate of drug-likeness (QED) is 0.236. The molecule has 2 aromatic rings. The molecule has 0 spiro atoms. The van der Waals surface area contributed by atoms with Crippen LogP contribution in [0.5, 0.6) is 0 Å². The Kier molecular flexibility index (Phi) is 6.95. The lowest BCUT2D eigenvalue weighted by molar-refractivity contribution is 0.426. The van der Waals surface area contributed by atoms with Crippen LogP contribution in [-0.4, -0.2) is 28.5 Å². The van der Waals surface area contributed by atoms with E-state index in [0.717, 1.165) is 11.3 Å². The molecule has 0 saturated heterocycles. The average molecular weight is 350 g/mol. The lowest BCUT2D eigenvalue weighted by Gasteiger charge is -2.28. The Morgan fingerprint density at radius 1 is 1.17 bits per heavy atom. The fourth-order valence-electron chi connectivity index (χ4n) is 2.10. The third-order valence-electron chi connectivity index (χ3n) is 3.35. The summed E-state index contributed by atoms with van der Waals surface area (Å²) in [4.78, 5) is 1.73. The van der Waals surface area contributed by atoms with Gasteiger partial charge in [-0.15, -0.1) is 12.6 Å². The Balaban J connectivity index is 1.88. The molecule has 0 aromatic heterocycles. The van der Waals surface area contributed by atoms with Gasteiger partial charge in [0.2, 0.25) is 0 Å². The van der Waals surface area contributed by atoms with E-state index < -0.39 is 5.50 Å². The topological polar surface area (TPSA) is 53.1 Å². The fourth-order valence-corrected chi connectivity index (χ4v) is 3.25. The second kappa shape index (κ2) is 8.96. The highest BCUT2D eigenvalue weighted by Gasteiger charge is 2.15. The number of rotatable bonds is 7. The smallest absolute Gasteiger partial charge is 0.129 e. The van der Waals surface area contributed by atoms with Crippen LogP contribution in [0.1, 0.15) is 11.1 Å². The number of thioether (sulfide) groups is 1. The van der Waals surface area contributed by atoms with Crippen molar-refractivity contribution in [2.75, 3.05) is 12.3 Å². The molecular formula is C17H20FN3S2. The molecule has 2 aromatic carbocycles. The molecule has 1 atom stereocenters. The van der Waals surface area contributed by atoms with E-state index in [9.17, 15) is 4.39 Å². The van der Waals surface area contributed by atoms with Gasteiger partial charge < -0.3 is 10.6 Å². The van der Waals surface area contributed by atoms with Gasteiger partial charge in [-0.25, -0.2) is 4.39 Å². The van der Waals surface area contributed by atoms with Crippen molar-refractivity contribution in [3.8, 4) is 0 Å². The molecule has 1 unspecified atom stereocenters. The van der Waals surface area contributed by atoms with Crippen molar-refractivity contribution < 1.29 is 4.39 Å². The van der Waals surface area contributed by atoms with Crippen LogP contribution in [0.2, 0.25) is 0 Å². The standard InChI is InChI=1S/C17H20FN3S2/c18-15-9-5-4-8-14(15)12-23-11-10-21(17(20)22)16(19)13-6-2-1-3-7-13/h1-9,17,19,22H,10-12,20H2. The van der Waals surface area contributed by atoms with E-state index in [1.54, 1.807) is 28.8 Å². The Hall–Kier alpha value is -1.50. The normalized spacial score (nSPS) is 12.0. The summed E-state index contributed by atoms with van der Waals surface area (Å²) in [6.45, 7) is 0.581. The van der Waals surface area contributed by atoms with Crippen molar-refractivity contribution in [1.82, 2.24) is 4.90 Å². The second-order valence-corrected chi connectivity index (χ2v) is 6.60. The summed E-state index contributed by atoms with van der Waals surface area (Å²) < 4.78 is 13.6. The second-order valence-electron chi connectivity index (χ2n) is 4.97. The number of hydrogen-bond acceptors (Lipinski definition) is 4. The number of benzene rings is 2. The van der Waals surface area contributed by atoms with Crippen molar-refractivity contribution in [2.45, 2.75) is 11.3 Å². The molecule has 6 heteroatoms.